The maximum Gasteiger partial charge on any atom is 0.253 e. The van der Waals surface area contributed by atoms with Crippen molar-refractivity contribution >= 4 is 16.7 Å². The van der Waals surface area contributed by atoms with E-state index in [0.29, 0.717) is 18.1 Å². The average molecular weight is 415 g/mol. The Labute approximate surface area is 184 Å². The third-order valence-electron chi connectivity index (χ3n) is 7.04. The molecule has 3 aromatic carbocycles. The van der Waals surface area contributed by atoms with Crippen LogP contribution in [0.5, 0.6) is 5.75 Å². The zero-order valence-corrected chi connectivity index (χ0v) is 18.1. The van der Waals surface area contributed by atoms with Gasteiger partial charge >= 0.3 is 0 Å². The number of rotatable bonds is 5. The highest BCUT2D eigenvalue weighted by Gasteiger charge is 2.53. The van der Waals surface area contributed by atoms with E-state index in [4.69, 9.17) is 10.5 Å². The van der Waals surface area contributed by atoms with Crippen molar-refractivity contribution in [3.8, 4) is 16.9 Å². The molecule has 1 saturated heterocycles. The first-order valence-corrected chi connectivity index (χ1v) is 11.4. The Morgan fingerprint density at radius 3 is 2.61 bits per heavy atom. The number of fused-ring (bicyclic) bond motifs is 1. The van der Waals surface area contributed by atoms with Crippen LogP contribution in [-0.2, 0) is 0 Å². The lowest BCUT2D eigenvalue weighted by Crippen LogP contribution is -2.40. The van der Waals surface area contributed by atoms with Gasteiger partial charge in [-0.2, -0.15) is 0 Å². The first-order chi connectivity index (χ1) is 15.1. The van der Waals surface area contributed by atoms with Crippen molar-refractivity contribution in [2.75, 3.05) is 19.7 Å². The van der Waals surface area contributed by atoms with E-state index >= 15 is 0 Å². The molecule has 0 radical (unpaired) electrons. The van der Waals surface area contributed by atoms with Gasteiger partial charge in [0, 0.05) is 24.7 Å². The molecule has 160 valence electrons. The van der Waals surface area contributed by atoms with Gasteiger partial charge in [-0.05, 0) is 77.3 Å². The lowest BCUT2D eigenvalue weighted by atomic mass is 9.92. The summed E-state index contributed by atoms with van der Waals surface area (Å²) in [6, 6.07) is 20.9. The second-order valence-electron chi connectivity index (χ2n) is 9.08. The number of benzene rings is 3. The van der Waals surface area contributed by atoms with Crippen LogP contribution >= 0.6 is 0 Å². The fraction of sp³-hybridized carbons (Fsp3) is 0.370. The Hall–Kier alpha value is -2.85. The molecule has 1 unspecified atom stereocenters. The number of piperidine rings is 1. The Morgan fingerprint density at radius 1 is 1.10 bits per heavy atom. The lowest BCUT2D eigenvalue weighted by Gasteiger charge is -2.32. The summed E-state index contributed by atoms with van der Waals surface area (Å²) in [4.78, 5) is 15.1. The highest BCUT2D eigenvalue weighted by atomic mass is 16.5. The van der Waals surface area contributed by atoms with Gasteiger partial charge in [0.25, 0.3) is 5.91 Å². The third kappa shape index (κ3) is 3.81. The molecule has 1 atom stereocenters. The summed E-state index contributed by atoms with van der Waals surface area (Å²) in [5, 5.41) is 2.23. The normalized spacial score (nSPS) is 19.5. The van der Waals surface area contributed by atoms with E-state index in [2.05, 4.69) is 43.3 Å². The molecule has 1 saturated carbocycles. The van der Waals surface area contributed by atoms with Gasteiger partial charge in [-0.25, -0.2) is 0 Å². The topological polar surface area (TPSA) is 55.6 Å². The standard InChI is InChI=1S/C27H30N2O2/c1-2-15-31-22-7-3-5-20(17-22)23-8-4-6-19-16-21(9-10-24(19)23)26(30)29-13-11-27(12-14-29)18-25(27)28/h3-10,16-17,25H,2,11-15,18,28H2,1H3. The number of carbonyl (C=O) groups excluding carboxylic acids is 1. The molecule has 3 aromatic rings. The number of ether oxygens (including phenoxy) is 1. The Bertz CT molecular complexity index is 1120. The molecule has 2 fully saturated rings. The summed E-state index contributed by atoms with van der Waals surface area (Å²) < 4.78 is 5.81. The molecule has 1 aliphatic carbocycles. The highest BCUT2D eigenvalue weighted by Crippen LogP contribution is 2.52. The van der Waals surface area contributed by atoms with E-state index in [1.807, 2.05) is 29.2 Å². The molecule has 2 N–H and O–H groups in total. The van der Waals surface area contributed by atoms with Gasteiger partial charge in [0.1, 0.15) is 5.75 Å². The zero-order valence-electron chi connectivity index (χ0n) is 18.1. The zero-order chi connectivity index (χ0) is 21.4. The van der Waals surface area contributed by atoms with Crippen molar-refractivity contribution in [1.29, 1.82) is 0 Å². The molecule has 4 heteroatoms. The molecule has 31 heavy (non-hydrogen) atoms. The summed E-state index contributed by atoms with van der Waals surface area (Å²) in [5.74, 6) is 1.02. The highest BCUT2D eigenvalue weighted by molar-refractivity contribution is 6.02. The van der Waals surface area contributed by atoms with Gasteiger partial charge in [-0.3, -0.25) is 4.79 Å². The van der Waals surface area contributed by atoms with Crippen LogP contribution in [0.3, 0.4) is 0 Å². The minimum absolute atomic E-state index is 0.131. The second-order valence-corrected chi connectivity index (χ2v) is 9.08. The summed E-state index contributed by atoms with van der Waals surface area (Å²) >= 11 is 0. The van der Waals surface area contributed by atoms with Crippen molar-refractivity contribution in [3.63, 3.8) is 0 Å². The van der Waals surface area contributed by atoms with E-state index in [1.54, 1.807) is 0 Å². The number of nitrogens with two attached hydrogens (primary N) is 1. The van der Waals surface area contributed by atoms with Crippen molar-refractivity contribution < 1.29 is 9.53 Å². The smallest absolute Gasteiger partial charge is 0.253 e. The van der Waals surface area contributed by atoms with E-state index in [0.717, 1.165) is 72.0 Å². The van der Waals surface area contributed by atoms with Gasteiger partial charge in [0.2, 0.25) is 0 Å². The van der Waals surface area contributed by atoms with Gasteiger partial charge in [0.15, 0.2) is 0 Å². The molecule has 4 nitrogen and oxygen atoms in total. The molecule has 0 aromatic heterocycles. The van der Waals surface area contributed by atoms with Crippen LogP contribution in [0.1, 0.15) is 43.0 Å². The largest absolute Gasteiger partial charge is 0.494 e. The van der Waals surface area contributed by atoms with Crippen molar-refractivity contribution in [2.24, 2.45) is 11.1 Å². The summed E-state index contributed by atoms with van der Waals surface area (Å²) in [6.07, 6.45) is 4.18. The molecule has 0 bridgehead atoms. The lowest BCUT2D eigenvalue weighted by molar-refractivity contribution is 0.0675. The van der Waals surface area contributed by atoms with Gasteiger partial charge in [-0.1, -0.05) is 43.3 Å². The second kappa shape index (κ2) is 8.01. The maximum atomic E-state index is 13.1. The fourth-order valence-electron chi connectivity index (χ4n) is 4.93. The molecule has 1 aliphatic heterocycles. The van der Waals surface area contributed by atoms with Crippen LogP contribution in [0.4, 0.5) is 0 Å². The number of nitrogens with zero attached hydrogens (tertiary/aromatic N) is 1. The number of hydrogen-bond donors (Lipinski definition) is 1. The predicted molar refractivity (Wildman–Crippen MR) is 125 cm³/mol. The fourth-order valence-corrected chi connectivity index (χ4v) is 4.93. The number of likely N-dealkylation sites (tertiary alicyclic amines) is 1. The van der Waals surface area contributed by atoms with Gasteiger partial charge in [0.05, 0.1) is 6.61 Å². The summed E-state index contributed by atoms with van der Waals surface area (Å²) in [7, 11) is 0. The summed E-state index contributed by atoms with van der Waals surface area (Å²) in [5.41, 5.74) is 9.48. The molecular formula is C27H30N2O2. The molecule has 1 spiro atoms. The monoisotopic (exact) mass is 414 g/mol. The third-order valence-corrected chi connectivity index (χ3v) is 7.04. The van der Waals surface area contributed by atoms with Gasteiger partial charge < -0.3 is 15.4 Å². The number of amides is 1. The average Bonchev–Trinajstić information content (AvgIpc) is 3.44. The van der Waals surface area contributed by atoms with Crippen LogP contribution < -0.4 is 10.5 Å². The summed E-state index contributed by atoms with van der Waals surface area (Å²) in [6.45, 7) is 4.45. The van der Waals surface area contributed by atoms with E-state index in [9.17, 15) is 4.79 Å². The maximum absolute atomic E-state index is 13.1. The number of hydrogen-bond acceptors (Lipinski definition) is 3. The number of carbonyl (C=O) groups is 1. The Morgan fingerprint density at radius 2 is 1.87 bits per heavy atom. The quantitative estimate of drug-likeness (QED) is 0.620. The molecule has 5 rings (SSSR count). The Kier molecular flexibility index (Phi) is 5.19. The van der Waals surface area contributed by atoms with E-state index in [1.165, 1.54) is 0 Å². The minimum atomic E-state index is 0.131. The van der Waals surface area contributed by atoms with E-state index < -0.39 is 0 Å². The molecule has 1 amide bonds. The minimum Gasteiger partial charge on any atom is -0.494 e. The van der Waals surface area contributed by atoms with Crippen LogP contribution in [0, 0.1) is 5.41 Å². The molecule has 1 heterocycles. The van der Waals surface area contributed by atoms with Crippen molar-refractivity contribution in [3.05, 3.63) is 66.2 Å². The predicted octanol–water partition coefficient (Wildman–Crippen LogP) is 5.25. The SMILES string of the molecule is CCCOc1cccc(-c2cccc3cc(C(=O)N4CCC5(CC4)CC5N)ccc23)c1. The molecule has 2 aliphatic rings. The van der Waals surface area contributed by atoms with Crippen molar-refractivity contribution in [2.45, 2.75) is 38.6 Å². The Balaban J connectivity index is 1.39. The van der Waals surface area contributed by atoms with Gasteiger partial charge in [-0.15, -0.1) is 0 Å². The first-order valence-electron chi connectivity index (χ1n) is 11.4. The van der Waals surface area contributed by atoms with Crippen LogP contribution in [0.15, 0.2) is 60.7 Å². The molecular weight excluding hydrogens is 384 g/mol. The van der Waals surface area contributed by atoms with Crippen LogP contribution in [0.2, 0.25) is 0 Å². The van der Waals surface area contributed by atoms with Crippen LogP contribution in [-0.4, -0.2) is 36.5 Å². The van der Waals surface area contributed by atoms with E-state index in [-0.39, 0.29) is 5.91 Å². The first kappa shape index (κ1) is 20.1. The van der Waals surface area contributed by atoms with Crippen molar-refractivity contribution in [1.82, 2.24) is 4.90 Å². The van der Waals surface area contributed by atoms with Crippen LogP contribution in [0.25, 0.3) is 21.9 Å².